The van der Waals surface area contributed by atoms with E-state index in [1.165, 1.54) is 28.7 Å². The Hall–Kier alpha value is -0.930. The summed E-state index contributed by atoms with van der Waals surface area (Å²) in [4.78, 5) is 2.39. The molecule has 2 aromatic rings. The summed E-state index contributed by atoms with van der Waals surface area (Å²) in [5.74, 6) is 0.645. The second kappa shape index (κ2) is 3.58. The van der Waals surface area contributed by atoms with Gasteiger partial charge < -0.3 is 4.90 Å². The Morgan fingerprint density at radius 1 is 1.40 bits per heavy atom. The van der Waals surface area contributed by atoms with E-state index in [0.29, 0.717) is 5.92 Å². The van der Waals surface area contributed by atoms with Crippen LogP contribution in [0.3, 0.4) is 0 Å². The monoisotopic (exact) mass is 218 g/mol. The molecule has 15 heavy (non-hydrogen) atoms. The van der Waals surface area contributed by atoms with Crippen molar-refractivity contribution < 1.29 is 0 Å². The van der Waals surface area contributed by atoms with Gasteiger partial charge in [0.15, 0.2) is 0 Å². The smallest absolute Gasteiger partial charge is 0.0664 e. The highest BCUT2D eigenvalue weighted by Crippen LogP contribution is 2.32. The van der Waals surface area contributed by atoms with Crippen molar-refractivity contribution in [3.8, 4) is 0 Å². The van der Waals surface area contributed by atoms with Crippen molar-refractivity contribution in [2.75, 3.05) is 20.1 Å². The molecular formula is C12H14N2S. The minimum atomic E-state index is 0.645. The highest BCUT2D eigenvalue weighted by Gasteiger charge is 2.24. The minimum absolute atomic E-state index is 0.645. The SMILES string of the molecule is CN1CC[C@@H](c2nsc3ccccc23)C1. The van der Waals surface area contributed by atoms with Crippen LogP contribution in [-0.2, 0) is 0 Å². The molecule has 0 amide bonds. The maximum atomic E-state index is 4.63. The molecule has 1 saturated heterocycles. The predicted molar refractivity (Wildman–Crippen MR) is 64.5 cm³/mol. The van der Waals surface area contributed by atoms with Crippen LogP contribution in [0.15, 0.2) is 24.3 Å². The van der Waals surface area contributed by atoms with E-state index in [9.17, 15) is 0 Å². The van der Waals surface area contributed by atoms with E-state index >= 15 is 0 Å². The van der Waals surface area contributed by atoms with Crippen molar-refractivity contribution in [3.05, 3.63) is 30.0 Å². The first-order valence-corrected chi connectivity index (χ1v) is 6.15. The van der Waals surface area contributed by atoms with E-state index < -0.39 is 0 Å². The maximum absolute atomic E-state index is 4.63. The normalized spacial score (nSPS) is 22.6. The third-order valence-corrected chi connectivity index (χ3v) is 4.02. The Balaban J connectivity index is 2.04. The van der Waals surface area contributed by atoms with Gasteiger partial charge in [0.25, 0.3) is 0 Å². The zero-order valence-electron chi connectivity index (χ0n) is 8.81. The van der Waals surface area contributed by atoms with Gasteiger partial charge in [-0.05, 0) is 37.6 Å². The second-order valence-electron chi connectivity index (χ2n) is 4.31. The second-order valence-corrected chi connectivity index (χ2v) is 5.12. The van der Waals surface area contributed by atoms with Crippen molar-refractivity contribution in [1.29, 1.82) is 0 Å². The molecule has 0 saturated carbocycles. The lowest BCUT2D eigenvalue weighted by Crippen LogP contribution is -2.13. The fraction of sp³-hybridized carbons (Fsp3) is 0.417. The van der Waals surface area contributed by atoms with Gasteiger partial charge in [-0.3, -0.25) is 0 Å². The summed E-state index contributed by atoms with van der Waals surface area (Å²) in [5, 5.41) is 1.36. The van der Waals surface area contributed by atoms with Crippen LogP contribution in [0.25, 0.3) is 10.1 Å². The molecule has 1 atom stereocenters. The van der Waals surface area contributed by atoms with E-state index in [1.54, 1.807) is 11.5 Å². The minimum Gasteiger partial charge on any atom is -0.306 e. The highest BCUT2D eigenvalue weighted by molar-refractivity contribution is 7.13. The van der Waals surface area contributed by atoms with Gasteiger partial charge in [-0.25, -0.2) is 0 Å². The van der Waals surface area contributed by atoms with Gasteiger partial charge >= 0.3 is 0 Å². The van der Waals surface area contributed by atoms with Gasteiger partial charge in [-0.15, -0.1) is 0 Å². The molecule has 1 aromatic heterocycles. The number of benzene rings is 1. The van der Waals surface area contributed by atoms with Crippen LogP contribution in [0.1, 0.15) is 18.0 Å². The fourth-order valence-electron chi connectivity index (χ4n) is 2.36. The predicted octanol–water partition coefficient (Wildman–Crippen LogP) is 2.72. The highest BCUT2D eigenvalue weighted by atomic mass is 32.1. The maximum Gasteiger partial charge on any atom is 0.0664 e. The van der Waals surface area contributed by atoms with Crippen molar-refractivity contribution in [2.45, 2.75) is 12.3 Å². The third kappa shape index (κ3) is 1.56. The molecule has 3 heteroatoms. The number of hydrogen-bond acceptors (Lipinski definition) is 3. The van der Waals surface area contributed by atoms with Crippen LogP contribution >= 0.6 is 11.5 Å². The summed E-state index contributed by atoms with van der Waals surface area (Å²) in [5.41, 5.74) is 1.32. The molecule has 0 aliphatic carbocycles. The molecule has 1 aliphatic heterocycles. The molecule has 0 unspecified atom stereocenters. The third-order valence-electron chi connectivity index (χ3n) is 3.18. The van der Waals surface area contributed by atoms with Crippen LogP contribution in [0.2, 0.25) is 0 Å². The molecule has 3 rings (SSSR count). The fourth-order valence-corrected chi connectivity index (χ4v) is 3.21. The average Bonchev–Trinajstić information content (AvgIpc) is 2.83. The summed E-state index contributed by atoms with van der Waals surface area (Å²) in [6.45, 7) is 2.37. The van der Waals surface area contributed by atoms with E-state index in [4.69, 9.17) is 0 Å². The van der Waals surface area contributed by atoms with Gasteiger partial charge in [0.1, 0.15) is 0 Å². The van der Waals surface area contributed by atoms with Crippen LogP contribution in [0.4, 0.5) is 0 Å². The molecule has 78 valence electrons. The molecule has 2 nitrogen and oxygen atoms in total. The summed E-state index contributed by atoms with van der Waals surface area (Å²) >= 11 is 1.63. The van der Waals surface area contributed by atoms with Gasteiger partial charge in [-0.2, -0.15) is 4.37 Å². The van der Waals surface area contributed by atoms with E-state index in [1.807, 2.05) is 0 Å². The first-order chi connectivity index (χ1) is 7.34. The lowest BCUT2D eigenvalue weighted by atomic mass is 10.0. The summed E-state index contributed by atoms with van der Waals surface area (Å²) in [6, 6.07) is 8.56. The summed E-state index contributed by atoms with van der Waals surface area (Å²) in [6.07, 6.45) is 1.25. The largest absolute Gasteiger partial charge is 0.306 e. The molecule has 0 radical (unpaired) electrons. The Kier molecular flexibility index (Phi) is 2.22. The summed E-state index contributed by atoms with van der Waals surface area (Å²) < 4.78 is 5.95. The van der Waals surface area contributed by atoms with Crippen molar-refractivity contribution >= 4 is 21.6 Å². The quantitative estimate of drug-likeness (QED) is 0.731. The van der Waals surface area contributed by atoms with Crippen LogP contribution < -0.4 is 0 Å². The van der Waals surface area contributed by atoms with E-state index in [0.717, 1.165) is 6.54 Å². The molecule has 2 heterocycles. The molecule has 1 aromatic carbocycles. The zero-order chi connectivity index (χ0) is 10.3. The lowest BCUT2D eigenvalue weighted by molar-refractivity contribution is 0.411. The molecule has 0 bridgehead atoms. The molecule has 0 spiro atoms. The lowest BCUT2D eigenvalue weighted by Gasteiger charge is -2.07. The van der Waals surface area contributed by atoms with Crippen LogP contribution in [0, 0.1) is 0 Å². The average molecular weight is 218 g/mol. The first kappa shape index (κ1) is 9.31. The number of hydrogen-bond donors (Lipinski definition) is 0. The number of fused-ring (bicyclic) bond motifs is 1. The van der Waals surface area contributed by atoms with Crippen LogP contribution in [-0.4, -0.2) is 29.4 Å². The Bertz CT molecular complexity index is 477. The number of rotatable bonds is 1. The van der Waals surface area contributed by atoms with E-state index in [-0.39, 0.29) is 0 Å². The molecule has 0 N–H and O–H groups in total. The Morgan fingerprint density at radius 3 is 3.07 bits per heavy atom. The molecule has 1 aliphatic rings. The van der Waals surface area contributed by atoms with Crippen LogP contribution in [0.5, 0.6) is 0 Å². The Morgan fingerprint density at radius 2 is 2.27 bits per heavy atom. The zero-order valence-corrected chi connectivity index (χ0v) is 9.63. The van der Waals surface area contributed by atoms with Crippen molar-refractivity contribution in [1.82, 2.24) is 9.27 Å². The number of likely N-dealkylation sites (tertiary alicyclic amines) is 1. The van der Waals surface area contributed by atoms with Crippen molar-refractivity contribution in [2.24, 2.45) is 0 Å². The summed E-state index contributed by atoms with van der Waals surface area (Å²) in [7, 11) is 2.19. The Labute approximate surface area is 93.7 Å². The van der Waals surface area contributed by atoms with Gasteiger partial charge in [0.05, 0.1) is 10.4 Å². The molecule has 1 fully saturated rings. The van der Waals surface area contributed by atoms with Gasteiger partial charge in [0, 0.05) is 17.8 Å². The van der Waals surface area contributed by atoms with E-state index in [2.05, 4.69) is 40.6 Å². The molecular weight excluding hydrogens is 204 g/mol. The standard InChI is InChI=1S/C12H14N2S/c1-14-7-6-9(8-14)12-10-4-2-3-5-11(10)15-13-12/h2-5,9H,6-8H2,1H3/t9-/m1/s1. The topological polar surface area (TPSA) is 16.1 Å². The number of nitrogens with zero attached hydrogens (tertiary/aromatic N) is 2. The van der Waals surface area contributed by atoms with Gasteiger partial charge in [0.2, 0.25) is 0 Å². The van der Waals surface area contributed by atoms with Gasteiger partial charge in [-0.1, -0.05) is 18.2 Å². The van der Waals surface area contributed by atoms with Crippen molar-refractivity contribution in [3.63, 3.8) is 0 Å². The first-order valence-electron chi connectivity index (χ1n) is 5.37. The number of likely N-dealkylation sites (N-methyl/N-ethyl adjacent to an activating group) is 1. The number of aromatic nitrogens is 1.